The Kier molecular flexibility index (Phi) is 3.81. The molecule has 1 atom stereocenters. The van der Waals surface area contributed by atoms with Gasteiger partial charge in [-0.3, -0.25) is 0 Å². The summed E-state index contributed by atoms with van der Waals surface area (Å²) in [5, 5.41) is 0. The van der Waals surface area contributed by atoms with Crippen LogP contribution in [0.4, 0.5) is 0 Å². The van der Waals surface area contributed by atoms with Gasteiger partial charge in [0.05, 0.1) is 11.1 Å². The van der Waals surface area contributed by atoms with E-state index in [1.165, 1.54) is 4.31 Å². The Balaban J connectivity index is 2.31. The van der Waals surface area contributed by atoms with Crippen LogP contribution in [0.25, 0.3) is 0 Å². The Morgan fingerprint density at radius 2 is 1.82 bits per heavy atom. The van der Waals surface area contributed by atoms with Gasteiger partial charge in [-0.2, -0.15) is 4.31 Å². The summed E-state index contributed by atoms with van der Waals surface area (Å²) in [6.07, 6.45) is 3.30. The quantitative estimate of drug-likeness (QED) is 0.870. The lowest BCUT2D eigenvalue weighted by molar-refractivity contribution is 0.329. The standard InChI is InChI=1S/C12H18N2O2S/c13-12-9-5-2-6-10-14(12)17(15,16)11-7-3-1-4-8-11/h1,3-4,7-8,12H,2,5-6,9-10,13H2. The van der Waals surface area contributed by atoms with Crippen LogP contribution in [0.5, 0.6) is 0 Å². The molecule has 1 aromatic rings. The maximum Gasteiger partial charge on any atom is 0.244 e. The van der Waals surface area contributed by atoms with Gasteiger partial charge in [-0.1, -0.05) is 31.0 Å². The van der Waals surface area contributed by atoms with Gasteiger partial charge in [-0.15, -0.1) is 0 Å². The molecule has 5 heteroatoms. The highest BCUT2D eigenvalue weighted by Crippen LogP contribution is 2.22. The third kappa shape index (κ3) is 2.68. The fraction of sp³-hybridized carbons (Fsp3) is 0.500. The highest BCUT2D eigenvalue weighted by atomic mass is 32.2. The lowest BCUT2D eigenvalue weighted by atomic mass is 10.2. The molecule has 0 amide bonds. The molecule has 1 aliphatic rings. The molecule has 0 aromatic heterocycles. The smallest absolute Gasteiger partial charge is 0.244 e. The summed E-state index contributed by atoms with van der Waals surface area (Å²) in [6.45, 7) is 0.526. The Bertz CT molecular complexity index is 459. The molecule has 2 N–H and O–H groups in total. The Hall–Kier alpha value is -0.910. The van der Waals surface area contributed by atoms with Crippen LogP contribution in [0.2, 0.25) is 0 Å². The van der Waals surface area contributed by atoms with Gasteiger partial charge in [0.25, 0.3) is 0 Å². The molecule has 0 saturated carbocycles. The average Bonchev–Trinajstić information content (AvgIpc) is 2.55. The van der Waals surface area contributed by atoms with E-state index in [0.717, 1.165) is 25.7 Å². The second-order valence-corrected chi connectivity index (χ2v) is 6.24. The topological polar surface area (TPSA) is 63.4 Å². The van der Waals surface area contributed by atoms with Crippen LogP contribution >= 0.6 is 0 Å². The highest BCUT2D eigenvalue weighted by Gasteiger charge is 2.29. The van der Waals surface area contributed by atoms with Crippen molar-refractivity contribution in [3.63, 3.8) is 0 Å². The van der Waals surface area contributed by atoms with Gasteiger partial charge in [0, 0.05) is 6.54 Å². The number of benzene rings is 1. The first-order valence-corrected chi connectivity index (χ1v) is 7.39. The zero-order chi connectivity index (χ0) is 12.3. The molecule has 1 fully saturated rings. The second kappa shape index (κ2) is 5.16. The summed E-state index contributed by atoms with van der Waals surface area (Å²) in [6, 6.07) is 8.51. The Labute approximate surface area is 102 Å². The van der Waals surface area contributed by atoms with Crippen LogP contribution in [0, 0.1) is 0 Å². The van der Waals surface area contributed by atoms with Crippen LogP contribution < -0.4 is 5.73 Å². The number of rotatable bonds is 2. The summed E-state index contributed by atoms with van der Waals surface area (Å²) in [7, 11) is -3.43. The number of nitrogens with two attached hydrogens (primary N) is 1. The van der Waals surface area contributed by atoms with E-state index in [1.807, 2.05) is 0 Å². The van der Waals surface area contributed by atoms with Crippen molar-refractivity contribution in [2.75, 3.05) is 6.54 Å². The molecule has 1 aromatic carbocycles. The molecule has 0 aliphatic carbocycles. The van der Waals surface area contributed by atoms with Crippen molar-refractivity contribution in [1.82, 2.24) is 4.31 Å². The highest BCUT2D eigenvalue weighted by molar-refractivity contribution is 7.89. The number of sulfonamides is 1. The Morgan fingerprint density at radius 1 is 1.12 bits per heavy atom. The van der Waals surface area contributed by atoms with E-state index in [2.05, 4.69) is 0 Å². The van der Waals surface area contributed by atoms with Crippen molar-refractivity contribution < 1.29 is 8.42 Å². The molecule has 0 radical (unpaired) electrons. The fourth-order valence-corrected chi connectivity index (χ4v) is 3.74. The summed E-state index contributed by atoms with van der Waals surface area (Å²) < 4.78 is 26.2. The minimum Gasteiger partial charge on any atom is -0.315 e. The maximum atomic E-state index is 12.4. The normalized spacial score (nSPS) is 23.2. The van der Waals surface area contributed by atoms with Crippen LogP contribution in [0.15, 0.2) is 35.2 Å². The zero-order valence-electron chi connectivity index (χ0n) is 9.75. The molecule has 0 spiro atoms. The van der Waals surface area contributed by atoms with Crippen LogP contribution in [-0.2, 0) is 10.0 Å². The molecule has 1 saturated heterocycles. The SMILES string of the molecule is NC1CCCCCN1S(=O)(=O)c1ccccc1. The molecule has 0 bridgehead atoms. The summed E-state index contributed by atoms with van der Waals surface area (Å²) in [5.41, 5.74) is 5.95. The van der Waals surface area contributed by atoms with E-state index in [-0.39, 0.29) is 6.17 Å². The van der Waals surface area contributed by atoms with Crippen molar-refractivity contribution >= 4 is 10.0 Å². The van der Waals surface area contributed by atoms with Gasteiger partial charge in [0.1, 0.15) is 0 Å². The molecular weight excluding hydrogens is 236 g/mol. The van der Waals surface area contributed by atoms with Crippen LogP contribution in [-0.4, -0.2) is 25.4 Å². The summed E-state index contributed by atoms with van der Waals surface area (Å²) in [5.74, 6) is 0. The van der Waals surface area contributed by atoms with Gasteiger partial charge in [0.15, 0.2) is 0 Å². The lowest BCUT2D eigenvalue weighted by Crippen LogP contribution is -2.45. The van der Waals surface area contributed by atoms with E-state index in [0.29, 0.717) is 11.4 Å². The maximum absolute atomic E-state index is 12.4. The monoisotopic (exact) mass is 254 g/mol. The second-order valence-electron chi connectivity index (χ2n) is 4.35. The predicted octanol–water partition coefficient (Wildman–Crippen LogP) is 1.54. The molecule has 1 unspecified atom stereocenters. The van der Waals surface area contributed by atoms with E-state index >= 15 is 0 Å². The first-order chi connectivity index (χ1) is 8.12. The molecule has 17 heavy (non-hydrogen) atoms. The molecule has 94 valence electrons. The molecule has 2 rings (SSSR count). The summed E-state index contributed by atoms with van der Waals surface area (Å²) >= 11 is 0. The van der Waals surface area contributed by atoms with Crippen molar-refractivity contribution in [3.05, 3.63) is 30.3 Å². The van der Waals surface area contributed by atoms with E-state index in [1.54, 1.807) is 30.3 Å². The van der Waals surface area contributed by atoms with Gasteiger partial charge in [-0.25, -0.2) is 8.42 Å². The number of hydrogen-bond acceptors (Lipinski definition) is 3. The van der Waals surface area contributed by atoms with Crippen molar-refractivity contribution in [2.24, 2.45) is 5.73 Å². The predicted molar refractivity (Wildman–Crippen MR) is 66.8 cm³/mol. The molecule has 4 nitrogen and oxygen atoms in total. The lowest BCUT2D eigenvalue weighted by Gasteiger charge is -2.25. The van der Waals surface area contributed by atoms with Gasteiger partial charge in [-0.05, 0) is 25.0 Å². The van der Waals surface area contributed by atoms with Gasteiger partial charge >= 0.3 is 0 Å². The van der Waals surface area contributed by atoms with Crippen molar-refractivity contribution in [2.45, 2.75) is 36.7 Å². The fourth-order valence-electron chi connectivity index (χ4n) is 2.13. The minimum absolute atomic E-state index is 0.331. The summed E-state index contributed by atoms with van der Waals surface area (Å²) in [4.78, 5) is 0.331. The van der Waals surface area contributed by atoms with Crippen LogP contribution in [0.3, 0.4) is 0 Å². The van der Waals surface area contributed by atoms with Crippen molar-refractivity contribution in [1.29, 1.82) is 0 Å². The minimum atomic E-state index is -3.43. The average molecular weight is 254 g/mol. The van der Waals surface area contributed by atoms with Crippen molar-refractivity contribution in [3.8, 4) is 0 Å². The molecule has 1 heterocycles. The first-order valence-electron chi connectivity index (χ1n) is 5.95. The Morgan fingerprint density at radius 3 is 2.53 bits per heavy atom. The van der Waals surface area contributed by atoms with Gasteiger partial charge < -0.3 is 5.73 Å². The number of hydrogen-bond donors (Lipinski definition) is 1. The first kappa shape index (κ1) is 12.5. The van der Waals surface area contributed by atoms with E-state index in [9.17, 15) is 8.42 Å². The van der Waals surface area contributed by atoms with Gasteiger partial charge in [0.2, 0.25) is 10.0 Å². The number of nitrogens with zero attached hydrogens (tertiary/aromatic N) is 1. The third-order valence-corrected chi connectivity index (χ3v) is 5.04. The molecule has 1 aliphatic heterocycles. The zero-order valence-corrected chi connectivity index (χ0v) is 10.6. The van der Waals surface area contributed by atoms with E-state index < -0.39 is 10.0 Å². The largest absolute Gasteiger partial charge is 0.315 e. The van der Waals surface area contributed by atoms with E-state index in [4.69, 9.17) is 5.73 Å². The third-order valence-electron chi connectivity index (χ3n) is 3.10. The molecular formula is C12H18N2O2S. The van der Waals surface area contributed by atoms with Crippen LogP contribution in [0.1, 0.15) is 25.7 Å².